The molecule has 0 atom stereocenters. The Morgan fingerprint density at radius 2 is 0.943 bits per heavy atom. The maximum Gasteiger partial charge on any atom is 3.00 e. The second-order valence-electron chi connectivity index (χ2n) is 23.6. The fourth-order valence-electron chi connectivity index (χ4n) is 12.3. The molecular weight excluding hydrogens is 1250 g/mol. The molecule has 0 radical (unpaired) electrons. The molecule has 11 aromatic carbocycles. The number of aromatic nitrogens is 5. The van der Waals surface area contributed by atoms with Crippen LogP contribution < -0.4 is 0 Å². The van der Waals surface area contributed by atoms with Gasteiger partial charge in [0, 0.05) is 23.0 Å². The summed E-state index contributed by atoms with van der Waals surface area (Å²) in [7, 11) is 0. The number of furan rings is 1. The molecule has 7 heteroatoms. The van der Waals surface area contributed by atoms with Gasteiger partial charge in [-0.1, -0.05) is 188 Å². The van der Waals surface area contributed by atoms with Crippen molar-refractivity contribution in [3.63, 3.8) is 0 Å². The van der Waals surface area contributed by atoms with E-state index < -0.39 is 0 Å². The minimum Gasteiger partial charge on any atom is -0.501 e. The van der Waals surface area contributed by atoms with Crippen molar-refractivity contribution in [2.75, 3.05) is 0 Å². The van der Waals surface area contributed by atoms with Crippen LogP contribution in [0.4, 0.5) is 0 Å². The molecule has 0 spiro atoms. The Kier molecular flexibility index (Phi) is 17.0. The molecule has 4 heterocycles. The molecule has 6 nitrogen and oxygen atoms in total. The smallest absolute Gasteiger partial charge is 0.501 e. The zero-order valence-electron chi connectivity index (χ0n) is 50.9. The predicted molar refractivity (Wildman–Crippen MR) is 363 cm³/mol. The van der Waals surface area contributed by atoms with Crippen LogP contribution in [0, 0.1) is 18.2 Å². The topological polar surface area (TPSA) is 61.7 Å². The fraction of sp³-hybridized carbons (Fsp3) is 0.148. The zero-order chi connectivity index (χ0) is 59.7. The molecule has 0 aliphatic heterocycles. The number of nitrogens with zero attached hydrogens (tertiary/aromatic N) is 5. The Morgan fingerprint density at radius 3 is 1.57 bits per heavy atom. The maximum absolute atomic E-state index is 6.83. The van der Waals surface area contributed by atoms with Gasteiger partial charge in [0.15, 0.2) is 0 Å². The van der Waals surface area contributed by atoms with E-state index in [1.807, 2.05) is 66.7 Å². The van der Waals surface area contributed by atoms with Gasteiger partial charge in [0.25, 0.3) is 0 Å². The van der Waals surface area contributed by atoms with Gasteiger partial charge in [-0.05, 0) is 139 Å². The van der Waals surface area contributed by atoms with Crippen LogP contribution in [-0.4, -0.2) is 24.1 Å². The Labute approximate surface area is 529 Å². The van der Waals surface area contributed by atoms with E-state index in [9.17, 15) is 0 Å². The molecule has 0 saturated heterocycles. The standard InChI is InChI=1S/C45H35N2O.C25H25N2.C11H8N.Ir/c1-27(2)36-24-32(29-13-6-5-7-14-29)25-37(28(3)4)43(36)47-41-20-11-10-19-40(41)46-45(47)35-18-12-17-34-39-23-31-22-21-30-15-8-9-16-33(30)38(31)26-42(39)48-44(34)35;1-17(2)20-13-10-14-21(18(3)4)24(20)27-23-16-9-8-15-22(23)26-25(27)19-11-6-5-7-12-19;1-2-6-10(7-3-1)11-8-4-5-9-12-11;/h5-17,19-28H,1-4H3;5-11,13-18H,1-4H3;1-6,8-9H;/q3*-1;+3. The number of imidazole rings is 2. The summed E-state index contributed by atoms with van der Waals surface area (Å²) in [5.74, 6) is 3.20. The Bertz CT molecular complexity index is 4830. The van der Waals surface area contributed by atoms with E-state index in [-0.39, 0.29) is 31.9 Å². The summed E-state index contributed by atoms with van der Waals surface area (Å²) >= 11 is 0. The van der Waals surface area contributed by atoms with Crippen molar-refractivity contribution in [3.05, 3.63) is 283 Å². The van der Waals surface area contributed by atoms with E-state index in [1.54, 1.807) is 6.20 Å². The number of fused-ring (bicyclic) bond motifs is 8. The molecule has 0 unspecified atom stereocenters. The van der Waals surface area contributed by atoms with Gasteiger partial charge in [0.05, 0.1) is 39.3 Å². The van der Waals surface area contributed by atoms with Crippen LogP contribution in [0.15, 0.2) is 247 Å². The molecule has 15 aromatic rings. The van der Waals surface area contributed by atoms with E-state index >= 15 is 0 Å². The van der Waals surface area contributed by atoms with E-state index in [1.165, 1.54) is 66.3 Å². The summed E-state index contributed by atoms with van der Waals surface area (Å²) < 4.78 is 11.5. The first-order chi connectivity index (χ1) is 42.5. The SMILES string of the molecule is CC(C)c1cc(-c2ccccc2)cc(C(C)C)c1-n1c(-c2[c-]ccc3c2oc2cc4c(ccc5ccccc54)cc23)nc2ccccc21.CC(C)c1cccc(C(C)C)c1-n1c(-c2[c-]cccc2)nc2ccccc21.[Ir+3].[c-]1ccccc1-c1ccccn1. The molecular formula is C81H68IrN5O. The van der Waals surface area contributed by atoms with Crippen LogP contribution in [-0.2, 0) is 20.1 Å². The van der Waals surface area contributed by atoms with Crippen LogP contribution in [0.2, 0.25) is 0 Å². The first-order valence-electron chi connectivity index (χ1n) is 30.4. The van der Waals surface area contributed by atoms with Gasteiger partial charge in [0.2, 0.25) is 0 Å². The van der Waals surface area contributed by atoms with E-state index in [2.05, 4.69) is 258 Å². The van der Waals surface area contributed by atoms with Crippen LogP contribution in [0.3, 0.4) is 0 Å². The quantitative estimate of drug-likeness (QED) is 0.101. The van der Waals surface area contributed by atoms with Gasteiger partial charge in [0.1, 0.15) is 5.58 Å². The van der Waals surface area contributed by atoms with Crippen molar-refractivity contribution in [3.8, 4) is 56.5 Å². The van der Waals surface area contributed by atoms with Crippen molar-refractivity contribution in [1.29, 1.82) is 0 Å². The number of hydrogen-bond donors (Lipinski definition) is 0. The third kappa shape index (κ3) is 11.3. The normalized spacial score (nSPS) is 11.5. The number of para-hydroxylation sites is 5. The van der Waals surface area contributed by atoms with Gasteiger partial charge >= 0.3 is 20.1 Å². The largest absolute Gasteiger partial charge is 3.00 e. The van der Waals surface area contributed by atoms with Crippen molar-refractivity contribution in [1.82, 2.24) is 24.1 Å². The monoisotopic (exact) mass is 1320 g/mol. The molecule has 432 valence electrons. The Morgan fingerprint density at radius 1 is 0.386 bits per heavy atom. The summed E-state index contributed by atoms with van der Waals surface area (Å²) in [6.45, 7) is 18.2. The van der Waals surface area contributed by atoms with Gasteiger partial charge in [-0.15, -0.1) is 90.0 Å². The number of rotatable bonds is 10. The average molecular weight is 1320 g/mol. The number of hydrogen-bond acceptors (Lipinski definition) is 4. The van der Waals surface area contributed by atoms with Crippen LogP contribution in [0.1, 0.15) is 101 Å². The van der Waals surface area contributed by atoms with E-state index in [0.29, 0.717) is 11.8 Å². The van der Waals surface area contributed by atoms with E-state index in [0.717, 1.165) is 78.0 Å². The predicted octanol–water partition coefficient (Wildman–Crippen LogP) is 21.9. The molecule has 0 aliphatic rings. The molecule has 0 N–H and O–H groups in total. The molecule has 0 fully saturated rings. The average Bonchev–Trinajstić information content (AvgIpc) is 1.63. The van der Waals surface area contributed by atoms with Crippen molar-refractivity contribution in [2.24, 2.45) is 0 Å². The third-order valence-electron chi connectivity index (χ3n) is 16.6. The van der Waals surface area contributed by atoms with Crippen LogP contribution in [0.5, 0.6) is 0 Å². The van der Waals surface area contributed by atoms with Crippen LogP contribution >= 0.6 is 0 Å². The Hall–Kier alpha value is -9.52. The zero-order valence-corrected chi connectivity index (χ0v) is 53.3. The molecule has 0 aliphatic carbocycles. The van der Waals surface area contributed by atoms with Gasteiger partial charge < -0.3 is 18.5 Å². The first-order valence-corrected chi connectivity index (χ1v) is 30.4. The molecule has 0 saturated carbocycles. The Balaban J connectivity index is 0.000000157. The summed E-state index contributed by atoms with van der Waals surface area (Å²) in [6.07, 6.45) is 1.79. The van der Waals surface area contributed by atoms with E-state index in [4.69, 9.17) is 14.4 Å². The first kappa shape index (κ1) is 58.8. The fourth-order valence-corrected chi connectivity index (χ4v) is 12.3. The van der Waals surface area contributed by atoms with Crippen LogP contribution in [0.25, 0.3) is 122 Å². The molecule has 0 bridgehead atoms. The molecule has 0 amide bonds. The minimum absolute atomic E-state index is 0. The minimum atomic E-state index is 0. The summed E-state index contributed by atoms with van der Waals surface area (Å²) in [6, 6.07) is 92.4. The van der Waals surface area contributed by atoms with Crippen molar-refractivity contribution in [2.45, 2.75) is 79.1 Å². The third-order valence-corrected chi connectivity index (χ3v) is 16.6. The van der Waals surface area contributed by atoms with Gasteiger partial charge in [-0.2, -0.15) is 0 Å². The van der Waals surface area contributed by atoms with Crippen molar-refractivity contribution < 1.29 is 24.5 Å². The number of benzene rings is 11. The molecule has 88 heavy (non-hydrogen) atoms. The molecule has 4 aromatic heterocycles. The van der Waals surface area contributed by atoms with Crippen molar-refractivity contribution >= 4 is 65.6 Å². The van der Waals surface area contributed by atoms with Gasteiger partial charge in [-0.25, -0.2) is 0 Å². The summed E-state index contributed by atoms with van der Waals surface area (Å²) in [5, 5.41) is 7.02. The maximum atomic E-state index is 6.83. The summed E-state index contributed by atoms with van der Waals surface area (Å²) in [4.78, 5) is 14.5. The van der Waals surface area contributed by atoms with Gasteiger partial charge in [-0.3, -0.25) is 9.97 Å². The second-order valence-corrected chi connectivity index (χ2v) is 23.6. The second kappa shape index (κ2) is 25.4. The summed E-state index contributed by atoms with van der Waals surface area (Å²) in [5.41, 5.74) is 19.9. The number of pyridine rings is 1. The molecule has 15 rings (SSSR count).